The molecule has 7 nitrogen and oxygen atoms in total. The Bertz CT molecular complexity index is 828. The number of nitrogens with zero attached hydrogens (tertiary/aromatic N) is 2. The molecular weight excluding hydrogens is 348 g/mol. The van der Waals surface area contributed by atoms with Crippen LogP contribution in [-0.4, -0.2) is 53.7 Å². The molecule has 0 saturated carbocycles. The van der Waals surface area contributed by atoms with E-state index in [1.165, 1.54) is 0 Å². The largest absolute Gasteiger partial charge is 0.497 e. The molecule has 1 amide bonds. The molecule has 3 aliphatic heterocycles. The van der Waals surface area contributed by atoms with Crippen LogP contribution < -0.4 is 9.80 Å². The van der Waals surface area contributed by atoms with Crippen molar-refractivity contribution in [2.75, 3.05) is 25.3 Å². The van der Waals surface area contributed by atoms with E-state index in [0.717, 1.165) is 0 Å². The molecule has 1 spiro atoms. The van der Waals surface area contributed by atoms with E-state index in [1.807, 2.05) is 40.7 Å². The number of hydrogen-bond donors (Lipinski definition) is 0. The summed E-state index contributed by atoms with van der Waals surface area (Å²) >= 11 is 0. The average molecular weight is 374 g/mol. The smallest absolute Gasteiger partial charge is 0.410 e. The fourth-order valence-corrected chi connectivity index (χ4v) is 4.50. The van der Waals surface area contributed by atoms with Gasteiger partial charge in [-0.25, -0.2) is 9.86 Å². The highest BCUT2D eigenvalue weighted by Gasteiger charge is 2.71. The first kappa shape index (κ1) is 18.1. The molecule has 2 fully saturated rings. The van der Waals surface area contributed by atoms with Gasteiger partial charge in [-0.2, -0.15) is 0 Å². The molecule has 0 aromatic heterocycles. The third-order valence-corrected chi connectivity index (χ3v) is 5.65. The van der Waals surface area contributed by atoms with Crippen molar-refractivity contribution in [3.8, 4) is 5.75 Å². The molecule has 3 heterocycles. The van der Waals surface area contributed by atoms with Crippen LogP contribution in [0.4, 0.5) is 10.5 Å². The Morgan fingerprint density at radius 2 is 2.00 bits per heavy atom. The van der Waals surface area contributed by atoms with Gasteiger partial charge in [-0.3, -0.25) is 9.63 Å². The lowest BCUT2D eigenvalue weighted by molar-refractivity contribution is -0.0179. The molecule has 2 saturated heterocycles. The van der Waals surface area contributed by atoms with Crippen molar-refractivity contribution in [1.29, 1.82) is 0 Å². The van der Waals surface area contributed by atoms with Gasteiger partial charge in [0.25, 0.3) is 0 Å². The fraction of sp³-hybridized carbons (Fsp3) is 0.600. The van der Waals surface area contributed by atoms with Gasteiger partial charge in [0.2, 0.25) is 0 Å². The van der Waals surface area contributed by atoms with Gasteiger partial charge in [0.1, 0.15) is 11.4 Å². The minimum Gasteiger partial charge on any atom is -0.497 e. The number of ether oxygens (including phenoxy) is 2. The molecule has 1 aromatic rings. The zero-order valence-corrected chi connectivity index (χ0v) is 16.7. The first-order chi connectivity index (χ1) is 12.5. The number of hydrogen-bond acceptors (Lipinski definition) is 6. The average Bonchev–Trinajstić information content (AvgIpc) is 3.14. The van der Waals surface area contributed by atoms with Crippen LogP contribution in [0.1, 0.15) is 45.0 Å². The molecule has 0 N–H and O–H groups in total. The second kappa shape index (κ2) is 5.38. The number of hydroxylamine groups is 1. The van der Waals surface area contributed by atoms with Gasteiger partial charge in [-0.15, -0.1) is 0 Å². The maximum atomic E-state index is 13.5. The molecule has 146 valence electrons. The number of anilines is 1. The van der Waals surface area contributed by atoms with Crippen molar-refractivity contribution in [3.63, 3.8) is 0 Å². The van der Waals surface area contributed by atoms with Crippen LogP contribution in [0, 0.1) is 5.92 Å². The Hall–Kier alpha value is -2.28. The highest BCUT2D eigenvalue weighted by atomic mass is 16.7. The Balaban J connectivity index is 1.74. The van der Waals surface area contributed by atoms with Crippen molar-refractivity contribution >= 4 is 17.6 Å². The van der Waals surface area contributed by atoms with E-state index in [9.17, 15) is 9.59 Å². The van der Waals surface area contributed by atoms with Crippen LogP contribution in [0.2, 0.25) is 0 Å². The van der Waals surface area contributed by atoms with Crippen LogP contribution in [0.3, 0.4) is 0 Å². The van der Waals surface area contributed by atoms with Crippen LogP contribution in [-0.2, 0) is 9.57 Å². The van der Waals surface area contributed by atoms with Gasteiger partial charge in [-0.1, -0.05) is 0 Å². The number of fused-ring (bicyclic) bond motifs is 2. The van der Waals surface area contributed by atoms with Crippen LogP contribution in [0.15, 0.2) is 18.2 Å². The van der Waals surface area contributed by atoms with Crippen molar-refractivity contribution in [1.82, 2.24) is 4.90 Å². The second-order valence-electron chi connectivity index (χ2n) is 9.04. The standard InChI is InChI=1S/C20H26N2O5/c1-18(2,3)26-17(24)21-10-15-19(4,5)27-22-14-9-12(25-6)7-8-13(14)16(23)20(15,22)11-21/h7-9,15H,10-11H2,1-6H3/t15-,20-/m1/s1. The predicted octanol–water partition coefficient (Wildman–Crippen LogP) is 3.03. The number of ketones is 1. The summed E-state index contributed by atoms with van der Waals surface area (Å²) in [6, 6.07) is 5.36. The lowest BCUT2D eigenvalue weighted by Crippen LogP contribution is -2.52. The SMILES string of the molecule is COc1ccc2c(c1)N1OC(C)(C)[C@H]3CN(C(=O)OC(C)(C)C)C[C@]31C2=O. The summed E-state index contributed by atoms with van der Waals surface area (Å²) in [5.74, 6) is 0.482. The van der Waals surface area contributed by atoms with E-state index < -0.39 is 22.8 Å². The summed E-state index contributed by atoms with van der Waals surface area (Å²) in [7, 11) is 1.59. The number of rotatable bonds is 1. The van der Waals surface area contributed by atoms with Crippen molar-refractivity contribution in [3.05, 3.63) is 23.8 Å². The molecule has 7 heteroatoms. The van der Waals surface area contributed by atoms with Gasteiger partial charge in [0.15, 0.2) is 11.3 Å². The molecule has 0 bridgehead atoms. The second-order valence-corrected chi connectivity index (χ2v) is 9.04. The molecule has 27 heavy (non-hydrogen) atoms. The predicted molar refractivity (Wildman–Crippen MR) is 99.0 cm³/mol. The van der Waals surface area contributed by atoms with Crippen LogP contribution in [0.5, 0.6) is 5.75 Å². The van der Waals surface area contributed by atoms with E-state index in [1.54, 1.807) is 29.2 Å². The number of likely N-dealkylation sites (tertiary alicyclic amines) is 1. The zero-order chi connectivity index (χ0) is 19.8. The fourth-order valence-electron chi connectivity index (χ4n) is 4.50. The van der Waals surface area contributed by atoms with E-state index in [4.69, 9.17) is 14.3 Å². The molecule has 0 aliphatic carbocycles. The quantitative estimate of drug-likeness (QED) is 0.753. The van der Waals surface area contributed by atoms with Crippen molar-refractivity contribution in [2.24, 2.45) is 5.92 Å². The number of amides is 1. The minimum absolute atomic E-state index is 0.0122. The monoisotopic (exact) mass is 374 g/mol. The first-order valence-corrected chi connectivity index (χ1v) is 9.20. The third-order valence-electron chi connectivity index (χ3n) is 5.65. The molecule has 4 rings (SSSR count). The Labute approximate surface area is 159 Å². The van der Waals surface area contributed by atoms with Gasteiger partial charge in [-0.05, 0) is 46.8 Å². The molecule has 2 atom stereocenters. The van der Waals surface area contributed by atoms with Gasteiger partial charge < -0.3 is 14.4 Å². The number of carbonyl (C=O) groups is 2. The molecule has 3 aliphatic rings. The summed E-state index contributed by atoms with van der Waals surface area (Å²) < 4.78 is 10.9. The van der Waals surface area contributed by atoms with Gasteiger partial charge >= 0.3 is 6.09 Å². The Morgan fingerprint density at radius 3 is 2.63 bits per heavy atom. The zero-order valence-electron chi connectivity index (χ0n) is 16.7. The van der Waals surface area contributed by atoms with Crippen LogP contribution >= 0.6 is 0 Å². The van der Waals surface area contributed by atoms with Crippen LogP contribution in [0.25, 0.3) is 0 Å². The maximum Gasteiger partial charge on any atom is 0.410 e. The van der Waals surface area contributed by atoms with Gasteiger partial charge in [0, 0.05) is 24.1 Å². The summed E-state index contributed by atoms with van der Waals surface area (Å²) in [6.45, 7) is 10.1. The number of Topliss-reactive ketones (excluding diaryl/α,β-unsaturated/α-hetero) is 1. The molecule has 0 unspecified atom stereocenters. The van der Waals surface area contributed by atoms with E-state index in [2.05, 4.69) is 0 Å². The summed E-state index contributed by atoms with van der Waals surface area (Å²) in [6.07, 6.45) is -0.400. The topological polar surface area (TPSA) is 68.3 Å². The van der Waals surface area contributed by atoms with E-state index in [-0.39, 0.29) is 18.2 Å². The lowest BCUT2D eigenvalue weighted by Gasteiger charge is -2.30. The molecule has 1 aromatic carbocycles. The normalized spacial score (nSPS) is 28.1. The highest BCUT2D eigenvalue weighted by molar-refractivity contribution is 6.15. The Morgan fingerprint density at radius 1 is 1.30 bits per heavy atom. The summed E-state index contributed by atoms with van der Waals surface area (Å²) in [5.41, 5.74) is -0.806. The number of carbonyl (C=O) groups excluding carboxylic acids is 2. The highest BCUT2D eigenvalue weighted by Crippen LogP contribution is 2.56. The van der Waals surface area contributed by atoms with Gasteiger partial charge in [0.05, 0.1) is 24.9 Å². The van der Waals surface area contributed by atoms with E-state index >= 15 is 0 Å². The van der Waals surface area contributed by atoms with Crippen molar-refractivity contribution in [2.45, 2.75) is 51.4 Å². The maximum absolute atomic E-state index is 13.5. The Kier molecular flexibility index (Phi) is 3.60. The lowest BCUT2D eigenvalue weighted by atomic mass is 9.76. The van der Waals surface area contributed by atoms with E-state index in [0.29, 0.717) is 23.5 Å². The third kappa shape index (κ3) is 2.44. The molecule has 0 radical (unpaired) electrons. The summed E-state index contributed by atoms with van der Waals surface area (Å²) in [4.78, 5) is 34.0. The summed E-state index contributed by atoms with van der Waals surface area (Å²) in [5, 5.41) is 1.71. The first-order valence-electron chi connectivity index (χ1n) is 9.20. The van der Waals surface area contributed by atoms with Crippen molar-refractivity contribution < 1.29 is 23.9 Å². The number of benzene rings is 1. The molecular formula is C20H26N2O5. The minimum atomic E-state index is -0.922. The number of methoxy groups -OCH3 is 1.